The second kappa shape index (κ2) is 10.3. The first-order valence-corrected chi connectivity index (χ1v) is 14.7. The minimum absolute atomic E-state index is 0.0858. The smallest absolute Gasteiger partial charge is 0.416 e. The first-order chi connectivity index (χ1) is 20.3. The number of alkyl halides is 3. The number of hydrogen-bond acceptors (Lipinski definition) is 6. The molecular formula is C33H35F3N2O5. The van der Waals surface area contributed by atoms with Crippen LogP contribution >= 0.6 is 0 Å². The van der Waals surface area contributed by atoms with Crippen molar-refractivity contribution >= 4 is 11.9 Å². The molecule has 4 aliphatic rings. The molecule has 6 rings (SSSR count). The quantitative estimate of drug-likeness (QED) is 0.322. The van der Waals surface area contributed by atoms with Crippen LogP contribution in [0.25, 0.3) is 0 Å². The van der Waals surface area contributed by atoms with Gasteiger partial charge in [0.25, 0.3) is 5.91 Å². The van der Waals surface area contributed by atoms with E-state index in [2.05, 4.69) is 16.7 Å². The Labute approximate surface area is 248 Å². The van der Waals surface area contributed by atoms with Crippen LogP contribution in [0, 0.1) is 17.8 Å². The van der Waals surface area contributed by atoms with Gasteiger partial charge in [0.2, 0.25) is 0 Å². The molecule has 2 aliphatic heterocycles. The number of carbonyl (C=O) groups is 2. The van der Waals surface area contributed by atoms with Crippen molar-refractivity contribution < 1.29 is 37.3 Å². The average Bonchev–Trinajstić information content (AvgIpc) is 3.29. The molecule has 1 N–H and O–H groups in total. The van der Waals surface area contributed by atoms with Gasteiger partial charge in [0.1, 0.15) is 6.10 Å². The summed E-state index contributed by atoms with van der Waals surface area (Å²) in [6.45, 7) is 6.42. The van der Waals surface area contributed by atoms with Crippen molar-refractivity contribution in [2.24, 2.45) is 5.92 Å². The lowest BCUT2D eigenvalue weighted by atomic mass is 9.48. The van der Waals surface area contributed by atoms with Crippen molar-refractivity contribution in [3.05, 3.63) is 58.7 Å². The summed E-state index contributed by atoms with van der Waals surface area (Å²) >= 11 is 0. The zero-order valence-corrected chi connectivity index (χ0v) is 24.6. The molecule has 1 saturated carbocycles. The van der Waals surface area contributed by atoms with Gasteiger partial charge in [-0.1, -0.05) is 25.8 Å². The average molecular weight is 597 g/mol. The van der Waals surface area contributed by atoms with Crippen molar-refractivity contribution in [2.45, 2.75) is 81.8 Å². The number of aliphatic hydroxyl groups is 1. The molecule has 0 radical (unpaired) electrons. The number of amides is 1. The number of piperidine rings is 1. The molecule has 1 spiro atoms. The standard InChI is InChI=1S/C33H35F3N2O5/c1-19(2)18-38(27(40)12-7-21-5-9-23(10-6-21)33(34,35)36)24-13-14-32(41)26-17-22-8-11-25(42-20(3)39)29-28(22)31(32,30(24)43-29)15-16-37(26)4/h5-6,8-11,19,24,26,30,41H,13-18H2,1-4H3/t24-,26-,30+,31+,32-/m1/s1. The van der Waals surface area contributed by atoms with E-state index >= 15 is 0 Å². The summed E-state index contributed by atoms with van der Waals surface area (Å²) in [6, 6.07) is 7.52. The minimum atomic E-state index is -4.46. The molecule has 43 heavy (non-hydrogen) atoms. The predicted octanol–water partition coefficient (Wildman–Crippen LogP) is 4.32. The third-order valence-electron chi connectivity index (χ3n) is 9.69. The van der Waals surface area contributed by atoms with Gasteiger partial charge in [0.05, 0.1) is 22.6 Å². The number of likely N-dealkylation sites (N-methyl/N-ethyl adjacent to an activating group) is 1. The lowest BCUT2D eigenvalue weighted by molar-refractivity contribution is -0.197. The molecule has 7 nitrogen and oxygen atoms in total. The van der Waals surface area contributed by atoms with Crippen LogP contribution in [0.1, 0.15) is 62.3 Å². The van der Waals surface area contributed by atoms with Crippen molar-refractivity contribution in [3.8, 4) is 23.3 Å². The molecule has 1 amide bonds. The van der Waals surface area contributed by atoms with Gasteiger partial charge in [-0.15, -0.1) is 0 Å². The summed E-state index contributed by atoms with van der Waals surface area (Å²) < 4.78 is 51.3. The van der Waals surface area contributed by atoms with Crippen LogP contribution in [0.4, 0.5) is 13.2 Å². The van der Waals surface area contributed by atoms with Crippen LogP contribution in [0.15, 0.2) is 36.4 Å². The van der Waals surface area contributed by atoms with Gasteiger partial charge in [0.15, 0.2) is 11.5 Å². The highest BCUT2D eigenvalue weighted by Gasteiger charge is 2.73. The fraction of sp³-hybridized carbons (Fsp3) is 0.515. The third-order valence-corrected chi connectivity index (χ3v) is 9.69. The first kappa shape index (κ1) is 29.5. The van der Waals surface area contributed by atoms with Crippen LogP contribution in [0.3, 0.4) is 0 Å². The van der Waals surface area contributed by atoms with Gasteiger partial charge in [-0.25, -0.2) is 0 Å². The summed E-state index contributed by atoms with van der Waals surface area (Å²) in [7, 11) is 2.02. The molecule has 0 unspecified atom stereocenters. The lowest BCUT2D eigenvalue weighted by Gasteiger charge is -2.64. The van der Waals surface area contributed by atoms with E-state index < -0.39 is 46.8 Å². The van der Waals surface area contributed by atoms with E-state index in [-0.39, 0.29) is 12.0 Å². The maximum absolute atomic E-state index is 13.8. The summed E-state index contributed by atoms with van der Waals surface area (Å²) in [4.78, 5) is 29.7. The number of halogens is 3. The molecule has 228 valence electrons. The Morgan fingerprint density at radius 1 is 1.19 bits per heavy atom. The Kier molecular flexibility index (Phi) is 7.05. The Bertz CT molecular complexity index is 1530. The Morgan fingerprint density at radius 2 is 1.91 bits per heavy atom. The fourth-order valence-electron chi connectivity index (χ4n) is 7.97. The number of ether oxygens (including phenoxy) is 2. The minimum Gasteiger partial charge on any atom is -0.483 e. The monoisotopic (exact) mass is 596 g/mol. The largest absolute Gasteiger partial charge is 0.483 e. The molecule has 1 saturated heterocycles. The van der Waals surface area contributed by atoms with Crippen LogP contribution in [-0.2, 0) is 27.6 Å². The molecule has 2 heterocycles. The Balaban J connectivity index is 1.40. The van der Waals surface area contributed by atoms with Gasteiger partial charge in [-0.3, -0.25) is 9.59 Å². The zero-order chi connectivity index (χ0) is 30.9. The van der Waals surface area contributed by atoms with Crippen LogP contribution < -0.4 is 9.47 Å². The Hall–Kier alpha value is -3.55. The molecule has 0 aromatic heterocycles. The topological polar surface area (TPSA) is 79.3 Å². The van der Waals surface area contributed by atoms with Crippen LogP contribution in [-0.4, -0.2) is 70.7 Å². The van der Waals surface area contributed by atoms with Gasteiger partial charge in [0, 0.05) is 36.6 Å². The van der Waals surface area contributed by atoms with Gasteiger partial charge < -0.3 is 24.4 Å². The molecular weight excluding hydrogens is 561 g/mol. The number of nitrogens with zero attached hydrogens (tertiary/aromatic N) is 2. The van der Waals surface area contributed by atoms with E-state index in [1.54, 1.807) is 11.0 Å². The maximum atomic E-state index is 13.8. The summed E-state index contributed by atoms with van der Waals surface area (Å²) in [6.07, 6.45) is -2.92. The number of esters is 1. The normalized spacial score (nSPS) is 28.8. The SMILES string of the molecule is CC(=O)Oc1ccc2c3c1O[C@H]1[C@H](N(CC(C)C)C(=O)C#Cc4ccc(C(F)(F)F)cc4)CC[C@@]4(O)[C@@H](C2)N(C)CC[C@]314. The zero-order valence-electron chi connectivity index (χ0n) is 24.6. The molecule has 5 atom stereocenters. The van der Waals surface area contributed by atoms with Crippen LogP contribution in [0.5, 0.6) is 11.5 Å². The summed E-state index contributed by atoms with van der Waals surface area (Å²) in [5, 5.41) is 12.6. The molecule has 10 heteroatoms. The summed E-state index contributed by atoms with van der Waals surface area (Å²) in [5.41, 5.74) is -0.503. The summed E-state index contributed by atoms with van der Waals surface area (Å²) in [5.74, 6) is 5.32. The predicted molar refractivity (Wildman–Crippen MR) is 151 cm³/mol. The van der Waals surface area contributed by atoms with E-state index in [0.29, 0.717) is 49.3 Å². The number of carbonyl (C=O) groups excluding carboxylic acids is 2. The van der Waals surface area contributed by atoms with Gasteiger partial charge >= 0.3 is 12.1 Å². The van der Waals surface area contributed by atoms with Crippen molar-refractivity contribution in [1.82, 2.24) is 9.80 Å². The van der Waals surface area contributed by atoms with Crippen molar-refractivity contribution in [3.63, 3.8) is 0 Å². The second-order valence-corrected chi connectivity index (χ2v) is 12.7. The molecule has 2 bridgehead atoms. The van der Waals surface area contributed by atoms with Crippen molar-refractivity contribution in [2.75, 3.05) is 20.1 Å². The second-order valence-electron chi connectivity index (χ2n) is 12.7. The van der Waals surface area contributed by atoms with E-state index in [4.69, 9.17) is 9.47 Å². The highest BCUT2D eigenvalue weighted by molar-refractivity contribution is 5.94. The van der Waals surface area contributed by atoms with Gasteiger partial charge in [-0.05, 0) is 81.1 Å². The van der Waals surface area contributed by atoms with E-state index in [0.717, 1.165) is 29.8 Å². The highest BCUT2D eigenvalue weighted by atomic mass is 19.4. The van der Waals surface area contributed by atoms with E-state index in [1.165, 1.54) is 19.1 Å². The maximum Gasteiger partial charge on any atom is 0.416 e. The molecule has 2 fully saturated rings. The number of likely N-dealkylation sites (tertiary alicyclic amines) is 1. The first-order valence-electron chi connectivity index (χ1n) is 14.7. The van der Waals surface area contributed by atoms with Crippen LogP contribution in [0.2, 0.25) is 0 Å². The highest BCUT2D eigenvalue weighted by Crippen LogP contribution is 2.65. The Morgan fingerprint density at radius 3 is 2.56 bits per heavy atom. The van der Waals surface area contributed by atoms with Gasteiger partial charge in [-0.2, -0.15) is 13.2 Å². The lowest BCUT2D eigenvalue weighted by Crippen LogP contribution is -2.78. The molecule has 2 aromatic carbocycles. The van der Waals surface area contributed by atoms with E-state index in [9.17, 15) is 27.9 Å². The molecule has 2 aliphatic carbocycles. The fourth-order valence-corrected chi connectivity index (χ4v) is 7.97. The van der Waals surface area contributed by atoms with E-state index in [1.807, 2.05) is 27.0 Å². The number of benzene rings is 2. The third kappa shape index (κ3) is 4.59. The number of hydrogen-bond donors (Lipinski definition) is 1. The van der Waals surface area contributed by atoms with Crippen molar-refractivity contribution in [1.29, 1.82) is 0 Å². The molecule has 2 aromatic rings. The number of rotatable bonds is 4.